The van der Waals surface area contributed by atoms with Gasteiger partial charge in [-0.05, 0) is 57.2 Å². The number of nitrogens with one attached hydrogen (secondary N) is 2. The summed E-state index contributed by atoms with van der Waals surface area (Å²) in [4.78, 5) is 14.5. The van der Waals surface area contributed by atoms with Gasteiger partial charge in [-0.3, -0.25) is 0 Å². The predicted octanol–water partition coefficient (Wildman–Crippen LogP) is 3.39. The maximum absolute atomic E-state index is 5.66. The Labute approximate surface area is 210 Å². The first-order valence-corrected chi connectivity index (χ1v) is 12.3. The van der Waals surface area contributed by atoms with Crippen LogP contribution in [0.15, 0.2) is 23.3 Å². The average Bonchev–Trinajstić information content (AvgIpc) is 3.33. The number of guanidine groups is 1. The number of pyridine rings is 1. The molecule has 2 aliphatic heterocycles. The van der Waals surface area contributed by atoms with Crippen LogP contribution in [0, 0.1) is 0 Å². The molecule has 0 amide bonds. The van der Waals surface area contributed by atoms with Crippen molar-refractivity contribution in [2.24, 2.45) is 4.99 Å². The van der Waals surface area contributed by atoms with E-state index in [4.69, 9.17) is 9.73 Å². The molecule has 4 rings (SSSR count). The SMILES string of the molecule is CCNC(=NCc1ccnc(N2CCOC(C)C2)c1)NC1CCN(C2CCCC2)CC1.I. The van der Waals surface area contributed by atoms with Gasteiger partial charge in [0.25, 0.3) is 0 Å². The molecule has 1 unspecified atom stereocenters. The minimum absolute atomic E-state index is 0. The van der Waals surface area contributed by atoms with E-state index in [0.717, 1.165) is 44.1 Å². The first kappa shape index (κ1) is 25.5. The lowest BCUT2D eigenvalue weighted by atomic mass is 10.0. The molecular weight excluding hydrogens is 515 g/mol. The van der Waals surface area contributed by atoms with Crippen molar-refractivity contribution in [2.45, 2.75) is 77.1 Å². The second kappa shape index (κ2) is 12.9. The molecule has 3 heterocycles. The first-order valence-electron chi connectivity index (χ1n) is 12.3. The van der Waals surface area contributed by atoms with Crippen molar-refractivity contribution in [3.8, 4) is 0 Å². The maximum atomic E-state index is 5.66. The summed E-state index contributed by atoms with van der Waals surface area (Å²) in [5, 5.41) is 7.12. The Morgan fingerprint density at radius 1 is 1.19 bits per heavy atom. The van der Waals surface area contributed by atoms with Gasteiger partial charge in [-0.1, -0.05) is 12.8 Å². The molecule has 32 heavy (non-hydrogen) atoms. The summed E-state index contributed by atoms with van der Waals surface area (Å²) in [6.07, 6.45) is 10.2. The Bertz CT molecular complexity index is 718. The molecule has 0 radical (unpaired) electrons. The smallest absolute Gasteiger partial charge is 0.191 e. The highest BCUT2D eigenvalue weighted by atomic mass is 127. The average molecular weight is 557 g/mol. The Morgan fingerprint density at radius 2 is 1.97 bits per heavy atom. The van der Waals surface area contributed by atoms with Crippen LogP contribution < -0.4 is 15.5 Å². The minimum Gasteiger partial charge on any atom is -0.375 e. The number of ether oxygens (including phenoxy) is 1. The van der Waals surface area contributed by atoms with Gasteiger partial charge in [0.15, 0.2) is 5.96 Å². The van der Waals surface area contributed by atoms with Gasteiger partial charge in [-0.2, -0.15) is 0 Å². The van der Waals surface area contributed by atoms with Crippen molar-refractivity contribution in [1.29, 1.82) is 0 Å². The predicted molar refractivity (Wildman–Crippen MR) is 142 cm³/mol. The standard InChI is InChI=1S/C24H40N6O.HI/c1-3-25-24(28-21-9-12-29(13-10-21)22-6-4-5-7-22)27-17-20-8-11-26-23(16-20)30-14-15-31-19(2)18-30;/h8,11,16,19,21-22H,3-7,9-10,12-15,17-18H2,1-2H3,(H2,25,27,28);1H. The zero-order valence-corrected chi connectivity index (χ0v) is 22.1. The summed E-state index contributed by atoms with van der Waals surface area (Å²) < 4.78 is 5.66. The highest BCUT2D eigenvalue weighted by Crippen LogP contribution is 2.26. The zero-order valence-electron chi connectivity index (χ0n) is 19.8. The van der Waals surface area contributed by atoms with Gasteiger partial charge >= 0.3 is 0 Å². The van der Waals surface area contributed by atoms with Crippen LogP contribution in [-0.2, 0) is 11.3 Å². The van der Waals surface area contributed by atoms with Gasteiger partial charge in [0, 0.05) is 51.0 Å². The summed E-state index contributed by atoms with van der Waals surface area (Å²) >= 11 is 0. The van der Waals surface area contributed by atoms with Gasteiger partial charge < -0.3 is 25.2 Å². The van der Waals surface area contributed by atoms with E-state index in [2.05, 4.69) is 51.4 Å². The molecule has 0 spiro atoms. The first-order chi connectivity index (χ1) is 15.2. The largest absolute Gasteiger partial charge is 0.375 e. The number of morpholine rings is 1. The van der Waals surface area contributed by atoms with Gasteiger partial charge in [-0.15, -0.1) is 24.0 Å². The van der Waals surface area contributed by atoms with Crippen LogP contribution >= 0.6 is 24.0 Å². The van der Waals surface area contributed by atoms with E-state index >= 15 is 0 Å². The molecule has 8 heteroatoms. The highest BCUT2D eigenvalue weighted by Gasteiger charge is 2.27. The highest BCUT2D eigenvalue weighted by molar-refractivity contribution is 14.0. The molecule has 1 aromatic heterocycles. The van der Waals surface area contributed by atoms with Crippen molar-refractivity contribution in [2.75, 3.05) is 44.2 Å². The number of hydrogen-bond acceptors (Lipinski definition) is 5. The Kier molecular flexibility index (Phi) is 10.3. The monoisotopic (exact) mass is 556 g/mol. The van der Waals surface area contributed by atoms with E-state index in [1.54, 1.807) is 0 Å². The van der Waals surface area contributed by atoms with Crippen molar-refractivity contribution in [3.05, 3.63) is 23.9 Å². The molecule has 1 aromatic rings. The van der Waals surface area contributed by atoms with Gasteiger partial charge in [-0.25, -0.2) is 9.98 Å². The van der Waals surface area contributed by atoms with Gasteiger partial charge in [0.1, 0.15) is 5.82 Å². The van der Waals surface area contributed by atoms with Gasteiger partial charge in [0.2, 0.25) is 0 Å². The molecule has 7 nitrogen and oxygen atoms in total. The number of likely N-dealkylation sites (tertiary alicyclic amines) is 1. The summed E-state index contributed by atoms with van der Waals surface area (Å²) in [7, 11) is 0. The number of piperidine rings is 1. The van der Waals surface area contributed by atoms with Crippen LogP contribution in [0.4, 0.5) is 5.82 Å². The Hall–Kier alpha value is -1.13. The van der Waals surface area contributed by atoms with Crippen LogP contribution in [0.2, 0.25) is 0 Å². The van der Waals surface area contributed by atoms with Crippen molar-refractivity contribution in [1.82, 2.24) is 20.5 Å². The molecule has 2 saturated heterocycles. The third-order valence-corrected chi connectivity index (χ3v) is 6.85. The number of anilines is 1. The van der Waals surface area contributed by atoms with E-state index < -0.39 is 0 Å². The van der Waals surface area contributed by atoms with Crippen LogP contribution in [0.1, 0.15) is 57.9 Å². The van der Waals surface area contributed by atoms with E-state index in [0.29, 0.717) is 12.6 Å². The normalized spacial score (nSPS) is 23.8. The fraction of sp³-hybridized carbons (Fsp3) is 0.750. The molecule has 1 atom stereocenters. The van der Waals surface area contributed by atoms with Crippen LogP contribution in [0.5, 0.6) is 0 Å². The molecule has 3 aliphatic rings. The molecule has 3 fully saturated rings. The third-order valence-electron chi connectivity index (χ3n) is 6.85. The lowest BCUT2D eigenvalue weighted by Crippen LogP contribution is -2.50. The van der Waals surface area contributed by atoms with Crippen molar-refractivity contribution >= 4 is 35.8 Å². The minimum atomic E-state index is 0. The number of aromatic nitrogens is 1. The number of hydrogen-bond donors (Lipinski definition) is 2. The van der Waals surface area contributed by atoms with Crippen LogP contribution in [-0.4, -0.2) is 73.4 Å². The number of aliphatic imine (C=N–C) groups is 1. The van der Waals surface area contributed by atoms with Gasteiger partial charge in [0.05, 0.1) is 19.3 Å². The lowest BCUT2D eigenvalue weighted by Gasteiger charge is -2.36. The van der Waals surface area contributed by atoms with Crippen LogP contribution in [0.25, 0.3) is 0 Å². The molecule has 2 N–H and O–H groups in total. The second-order valence-electron chi connectivity index (χ2n) is 9.24. The lowest BCUT2D eigenvalue weighted by molar-refractivity contribution is 0.0529. The van der Waals surface area contributed by atoms with E-state index in [9.17, 15) is 0 Å². The molecular formula is C24H41IN6O. The fourth-order valence-electron chi connectivity index (χ4n) is 5.12. The summed E-state index contributed by atoms with van der Waals surface area (Å²) in [5.41, 5.74) is 1.19. The van der Waals surface area contributed by atoms with Crippen molar-refractivity contribution in [3.63, 3.8) is 0 Å². The summed E-state index contributed by atoms with van der Waals surface area (Å²) in [5.74, 6) is 1.96. The molecule has 1 saturated carbocycles. The van der Waals surface area contributed by atoms with E-state index in [1.165, 1.54) is 57.2 Å². The van der Waals surface area contributed by atoms with Crippen molar-refractivity contribution < 1.29 is 4.74 Å². The van der Waals surface area contributed by atoms with Crippen LogP contribution in [0.3, 0.4) is 0 Å². The number of halogens is 1. The molecule has 180 valence electrons. The topological polar surface area (TPSA) is 65.0 Å². The third kappa shape index (κ3) is 7.18. The molecule has 0 aromatic carbocycles. The Morgan fingerprint density at radius 3 is 2.69 bits per heavy atom. The second-order valence-corrected chi connectivity index (χ2v) is 9.24. The summed E-state index contributed by atoms with van der Waals surface area (Å²) in [6, 6.07) is 5.60. The zero-order chi connectivity index (χ0) is 21.5. The summed E-state index contributed by atoms with van der Waals surface area (Å²) in [6.45, 7) is 10.8. The fourth-order valence-corrected chi connectivity index (χ4v) is 5.12. The number of nitrogens with zero attached hydrogens (tertiary/aromatic N) is 4. The quantitative estimate of drug-likeness (QED) is 0.318. The maximum Gasteiger partial charge on any atom is 0.191 e. The molecule has 0 bridgehead atoms. The van der Waals surface area contributed by atoms with E-state index in [1.807, 2.05) is 6.20 Å². The van der Waals surface area contributed by atoms with E-state index in [-0.39, 0.29) is 30.1 Å². The Balaban J connectivity index is 0.00000289. The molecule has 1 aliphatic carbocycles. The number of rotatable bonds is 6.